The van der Waals surface area contributed by atoms with E-state index in [9.17, 15) is 19.2 Å². The Bertz CT molecular complexity index is 1060. The number of urea groups is 1. The number of carboxylic acids is 2. The molecule has 3 rings (SSSR count). The van der Waals surface area contributed by atoms with Gasteiger partial charge in [-0.2, -0.15) is 0 Å². The monoisotopic (exact) mass is 474 g/mol. The highest BCUT2D eigenvalue weighted by Gasteiger charge is 2.35. The minimum Gasteiger partial charge on any atom is -0.488 e. The zero-order valence-electron chi connectivity index (χ0n) is 15.3. The molecule has 0 aromatic heterocycles. The average molecular weight is 475 g/mol. The van der Waals surface area contributed by atoms with Gasteiger partial charge in [0.15, 0.2) is 0 Å². The maximum absolute atomic E-state index is 12.3. The number of halogens is 1. The second-order valence-corrected chi connectivity index (χ2v) is 7.16. The molecule has 10 heteroatoms. The summed E-state index contributed by atoms with van der Waals surface area (Å²) in [7, 11) is 0. The number of amides is 3. The first-order valence-corrected chi connectivity index (χ1v) is 9.35. The van der Waals surface area contributed by atoms with Gasteiger partial charge in [0, 0.05) is 10.0 Å². The van der Waals surface area contributed by atoms with E-state index in [2.05, 4.69) is 21.2 Å². The van der Waals surface area contributed by atoms with Crippen molar-refractivity contribution in [2.24, 2.45) is 0 Å². The lowest BCUT2D eigenvalue weighted by atomic mass is 10.1. The largest absolute Gasteiger partial charge is 0.488 e. The normalized spacial score (nSPS) is 14.7. The molecule has 0 spiro atoms. The van der Waals surface area contributed by atoms with Crippen molar-refractivity contribution in [3.05, 3.63) is 69.3 Å². The molecule has 30 heavy (non-hydrogen) atoms. The quantitative estimate of drug-likeness (QED) is 0.414. The first-order valence-electron chi connectivity index (χ1n) is 8.55. The topological polar surface area (TPSA) is 133 Å². The third-order valence-electron chi connectivity index (χ3n) is 4.12. The number of carboxylic acid groups (broad SMARTS) is 2. The van der Waals surface area contributed by atoms with Gasteiger partial charge in [-0.1, -0.05) is 28.1 Å². The lowest BCUT2D eigenvalue weighted by Crippen LogP contribution is -2.35. The van der Waals surface area contributed by atoms with Gasteiger partial charge >= 0.3 is 18.0 Å². The summed E-state index contributed by atoms with van der Waals surface area (Å²) in [5.74, 6) is -2.67. The second kappa shape index (κ2) is 8.78. The van der Waals surface area contributed by atoms with Crippen LogP contribution >= 0.6 is 15.9 Å². The Kier molecular flexibility index (Phi) is 6.17. The van der Waals surface area contributed by atoms with Gasteiger partial charge in [0.1, 0.15) is 24.6 Å². The van der Waals surface area contributed by atoms with Crippen LogP contribution in [0, 0.1) is 0 Å². The molecule has 1 heterocycles. The van der Waals surface area contributed by atoms with Crippen LogP contribution in [0.5, 0.6) is 5.75 Å². The number of ether oxygens (including phenoxy) is 1. The van der Waals surface area contributed by atoms with E-state index in [4.69, 9.17) is 14.9 Å². The van der Waals surface area contributed by atoms with E-state index in [1.807, 2.05) is 0 Å². The number of aromatic carboxylic acids is 1. The highest BCUT2D eigenvalue weighted by atomic mass is 79.9. The molecule has 1 aliphatic heterocycles. The molecule has 154 valence electrons. The number of benzene rings is 2. The van der Waals surface area contributed by atoms with Gasteiger partial charge < -0.3 is 20.3 Å². The number of carbonyl (C=O) groups excluding carboxylic acids is 2. The maximum atomic E-state index is 12.3. The van der Waals surface area contributed by atoms with Gasteiger partial charge in [0.2, 0.25) is 0 Å². The number of aliphatic carboxylic acids is 1. The highest BCUT2D eigenvalue weighted by molar-refractivity contribution is 9.10. The molecule has 1 aliphatic rings. The molecule has 1 fully saturated rings. The Morgan fingerprint density at radius 3 is 2.43 bits per heavy atom. The molecule has 0 atom stereocenters. The van der Waals surface area contributed by atoms with Crippen LogP contribution in [0.3, 0.4) is 0 Å². The van der Waals surface area contributed by atoms with Crippen LogP contribution in [-0.4, -0.2) is 45.5 Å². The predicted molar refractivity (Wildman–Crippen MR) is 108 cm³/mol. The van der Waals surface area contributed by atoms with Crippen LogP contribution < -0.4 is 10.1 Å². The Labute approximate surface area is 178 Å². The second-order valence-electron chi connectivity index (χ2n) is 6.25. The fraction of sp³-hybridized carbons (Fsp3) is 0.100. The summed E-state index contributed by atoms with van der Waals surface area (Å²) in [6.45, 7) is -0.598. The van der Waals surface area contributed by atoms with Crippen molar-refractivity contribution in [3.8, 4) is 5.75 Å². The molecule has 3 amide bonds. The van der Waals surface area contributed by atoms with E-state index < -0.39 is 30.4 Å². The lowest BCUT2D eigenvalue weighted by Gasteiger charge is -2.11. The SMILES string of the molecule is O=C(O)CN1C(=O)N/C(=C/c2cc(Br)ccc2OCc2ccc(C(=O)O)cc2)C1=O. The van der Waals surface area contributed by atoms with Crippen molar-refractivity contribution in [2.75, 3.05) is 6.54 Å². The molecule has 0 unspecified atom stereocenters. The average Bonchev–Trinajstić information content (AvgIpc) is 2.94. The molecule has 9 nitrogen and oxygen atoms in total. The Hall–Kier alpha value is -3.66. The molecule has 0 saturated carbocycles. The minimum absolute atomic E-state index is 0.0741. The fourth-order valence-corrected chi connectivity index (χ4v) is 3.05. The van der Waals surface area contributed by atoms with Gasteiger partial charge in [-0.15, -0.1) is 0 Å². The van der Waals surface area contributed by atoms with Crippen molar-refractivity contribution in [1.29, 1.82) is 0 Å². The molecule has 0 radical (unpaired) electrons. The van der Waals surface area contributed by atoms with Crippen molar-refractivity contribution < 1.29 is 34.1 Å². The molecule has 1 saturated heterocycles. The van der Waals surface area contributed by atoms with E-state index in [1.54, 1.807) is 30.3 Å². The third kappa shape index (κ3) is 4.84. The van der Waals surface area contributed by atoms with Crippen LogP contribution in [0.2, 0.25) is 0 Å². The maximum Gasteiger partial charge on any atom is 0.335 e. The van der Waals surface area contributed by atoms with Gasteiger partial charge in [-0.3, -0.25) is 9.59 Å². The number of hydrogen-bond acceptors (Lipinski definition) is 5. The number of nitrogens with zero attached hydrogens (tertiary/aromatic N) is 1. The van der Waals surface area contributed by atoms with Crippen LogP contribution in [0.15, 0.2) is 52.6 Å². The van der Waals surface area contributed by atoms with E-state index in [0.717, 1.165) is 5.56 Å². The van der Waals surface area contributed by atoms with Gasteiger partial charge in [0.25, 0.3) is 5.91 Å². The van der Waals surface area contributed by atoms with Crippen LogP contribution in [0.1, 0.15) is 21.5 Å². The molecule has 2 aromatic rings. The van der Waals surface area contributed by atoms with Gasteiger partial charge in [-0.05, 0) is 42.0 Å². The summed E-state index contributed by atoms with van der Waals surface area (Å²) in [4.78, 5) is 46.6. The van der Waals surface area contributed by atoms with E-state index in [0.29, 0.717) is 20.7 Å². The Morgan fingerprint density at radius 1 is 1.10 bits per heavy atom. The predicted octanol–water partition coefficient (Wildman–Crippen LogP) is 2.70. The Morgan fingerprint density at radius 2 is 1.80 bits per heavy atom. The first-order chi connectivity index (χ1) is 14.2. The smallest absolute Gasteiger partial charge is 0.335 e. The molecule has 3 N–H and O–H groups in total. The van der Waals surface area contributed by atoms with Gasteiger partial charge in [0.05, 0.1) is 5.56 Å². The molecule has 0 bridgehead atoms. The third-order valence-corrected chi connectivity index (χ3v) is 4.62. The summed E-state index contributed by atoms with van der Waals surface area (Å²) in [6.07, 6.45) is 1.40. The number of imide groups is 1. The highest BCUT2D eigenvalue weighted by Crippen LogP contribution is 2.27. The minimum atomic E-state index is -1.31. The van der Waals surface area contributed by atoms with Crippen molar-refractivity contribution in [1.82, 2.24) is 10.2 Å². The first kappa shape index (κ1) is 21.1. The van der Waals surface area contributed by atoms with Gasteiger partial charge in [-0.25, -0.2) is 14.5 Å². The molecule has 0 aliphatic carbocycles. The summed E-state index contributed by atoms with van der Waals surface area (Å²) < 4.78 is 6.50. The number of carbonyl (C=O) groups is 4. The van der Waals surface area contributed by atoms with E-state index in [1.165, 1.54) is 18.2 Å². The van der Waals surface area contributed by atoms with E-state index in [-0.39, 0.29) is 17.9 Å². The molecular formula is C20H15BrN2O7. The Balaban J connectivity index is 1.81. The summed E-state index contributed by atoms with van der Waals surface area (Å²) in [5.41, 5.74) is 1.30. The zero-order valence-corrected chi connectivity index (χ0v) is 16.9. The van der Waals surface area contributed by atoms with Crippen molar-refractivity contribution >= 4 is 45.9 Å². The summed E-state index contributed by atoms with van der Waals surface area (Å²) in [6, 6.07) is 10.5. The lowest BCUT2D eigenvalue weighted by molar-refractivity contribution is -0.140. The number of hydrogen-bond donors (Lipinski definition) is 3. The molecular weight excluding hydrogens is 460 g/mol. The van der Waals surface area contributed by atoms with Crippen LogP contribution in [-0.2, 0) is 16.2 Å². The molecule has 2 aromatic carbocycles. The fourth-order valence-electron chi connectivity index (χ4n) is 2.67. The van der Waals surface area contributed by atoms with Crippen molar-refractivity contribution in [2.45, 2.75) is 6.61 Å². The number of nitrogens with one attached hydrogen (secondary N) is 1. The number of rotatable bonds is 7. The standard InChI is InChI=1S/C20H15BrN2O7/c21-14-5-6-16(30-10-11-1-3-12(4-2-11)19(27)28)13(7-14)8-15-18(26)23(9-17(24)25)20(29)22-15/h1-8H,9-10H2,(H,22,29)(H,24,25)(H,27,28)/b15-8+. The summed E-state index contributed by atoms with van der Waals surface area (Å²) in [5, 5.41) is 20.1. The summed E-state index contributed by atoms with van der Waals surface area (Å²) >= 11 is 3.33. The van der Waals surface area contributed by atoms with Crippen LogP contribution in [0.4, 0.5) is 4.79 Å². The van der Waals surface area contributed by atoms with Crippen LogP contribution in [0.25, 0.3) is 6.08 Å². The zero-order chi connectivity index (χ0) is 21.8. The van der Waals surface area contributed by atoms with Crippen molar-refractivity contribution in [3.63, 3.8) is 0 Å². The van der Waals surface area contributed by atoms with E-state index >= 15 is 0 Å².